The Morgan fingerprint density at radius 3 is 1.52 bits per heavy atom. The summed E-state index contributed by atoms with van der Waals surface area (Å²) in [4.78, 5) is 2.55. The second kappa shape index (κ2) is 13.8. The van der Waals surface area contributed by atoms with E-state index in [4.69, 9.17) is 0 Å². The molecule has 0 heterocycles. The van der Waals surface area contributed by atoms with Crippen LogP contribution in [0.1, 0.15) is 156 Å². The Labute approximate surface area is 337 Å². The van der Waals surface area contributed by atoms with Crippen LogP contribution in [0.2, 0.25) is 0 Å². The number of hydrogen-bond donors (Lipinski definition) is 0. The predicted octanol–water partition coefficient (Wildman–Crippen LogP) is 15.7. The summed E-state index contributed by atoms with van der Waals surface area (Å²) >= 11 is 0. The minimum absolute atomic E-state index is 0.0804. The van der Waals surface area contributed by atoms with E-state index in [2.05, 4.69) is 128 Å². The summed E-state index contributed by atoms with van der Waals surface area (Å²) in [7, 11) is 0. The van der Waals surface area contributed by atoms with Crippen molar-refractivity contribution in [3.63, 3.8) is 0 Å². The minimum Gasteiger partial charge on any atom is -0.310 e. The highest BCUT2D eigenvalue weighted by atomic mass is 15.1. The second-order valence-corrected chi connectivity index (χ2v) is 20.1. The van der Waals surface area contributed by atoms with Crippen molar-refractivity contribution in [3.8, 4) is 22.3 Å². The van der Waals surface area contributed by atoms with Gasteiger partial charge in [0.2, 0.25) is 0 Å². The summed E-state index contributed by atoms with van der Waals surface area (Å²) in [5.74, 6) is 4.34. The average Bonchev–Trinajstić information content (AvgIpc) is 3.46. The van der Waals surface area contributed by atoms with Crippen molar-refractivity contribution in [2.45, 2.75) is 139 Å². The van der Waals surface area contributed by atoms with Crippen LogP contribution in [0.25, 0.3) is 22.3 Å². The Morgan fingerprint density at radius 2 is 0.946 bits per heavy atom. The molecule has 0 spiro atoms. The van der Waals surface area contributed by atoms with E-state index >= 15 is 0 Å². The van der Waals surface area contributed by atoms with Gasteiger partial charge >= 0.3 is 0 Å². The molecule has 286 valence electrons. The maximum absolute atomic E-state index is 2.55. The third-order valence-electron chi connectivity index (χ3n) is 16.2. The topological polar surface area (TPSA) is 3.24 Å². The lowest BCUT2D eigenvalue weighted by Gasteiger charge is -2.57. The van der Waals surface area contributed by atoms with Crippen LogP contribution in [-0.4, -0.2) is 0 Å². The summed E-state index contributed by atoms with van der Waals surface area (Å²) in [6.07, 6.45) is 22.4. The van der Waals surface area contributed by atoms with Gasteiger partial charge in [0, 0.05) is 22.5 Å². The van der Waals surface area contributed by atoms with E-state index in [-0.39, 0.29) is 5.41 Å². The van der Waals surface area contributed by atoms with E-state index in [1.54, 1.807) is 5.56 Å². The van der Waals surface area contributed by atoms with Crippen LogP contribution in [0.3, 0.4) is 0 Å². The van der Waals surface area contributed by atoms with Gasteiger partial charge in [0.05, 0.1) is 0 Å². The quantitative estimate of drug-likeness (QED) is 0.161. The van der Waals surface area contributed by atoms with Gasteiger partial charge in [-0.2, -0.15) is 0 Å². The summed E-state index contributed by atoms with van der Waals surface area (Å²) in [6.45, 7) is 4.87. The molecule has 0 aromatic heterocycles. The fourth-order valence-corrected chi connectivity index (χ4v) is 13.7. The Bertz CT molecular complexity index is 2170. The van der Waals surface area contributed by atoms with E-state index < -0.39 is 0 Å². The molecule has 0 unspecified atom stereocenters. The highest BCUT2D eigenvalue weighted by molar-refractivity contribution is 5.87. The van der Waals surface area contributed by atoms with Crippen molar-refractivity contribution in [2.24, 2.45) is 17.8 Å². The van der Waals surface area contributed by atoms with Crippen LogP contribution >= 0.6 is 0 Å². The molecule has 0 amide bonds. The minimum atomic E-state index is -0.0804. The fraction of sp³-hybridized carbons (Fsp3) is 0.455. The van der Waals surface area contributed by atoms with Crippen LogP contribution in [0.4, 0.5) is 17.1 Å². The molecule has 1 heteroatoms. The van der Waals surface area contributed by atoms with E-state index in [1.165, 1.54) is 164 Å². The lowest BCUT2D eigenvalue weighted by atomic mass is 9.48. The number of rotatable bonds is 7. The average molecular weight is 736 g/mol. The first-order chi connectivity index (χ1) is 27.4. The summed E-state index contributed by atoms with van der Waals surface area (Å²) in [5.41, 5.74) is 17.1. The van der Waals surface area contributed by atoms with E-state index in [1.807, 2.05) is 0 Å². The molecule has 0 N–H and O–H groups in total. The van der Waals surface area contributed by atoms with Crippen LogP contribution in [0.15, 0.2) is 109 Å². The lowest BCUT2D eigenvalue weighted by Crippen LogP contribution is -2.48. The van der Waals surface area contributed by atoms with E-state index in [9.17, 15) is 0 Å². The van der Waals surface area contributed by atoms with Crippen molar-refractivity contribution in [2.75, 3.05) is 4.90 Å². The van der Waals surface area contributed by atoms with Gasteiger partial charge in [-0.3, -0.25) is 0 Å². The third-order valence-corrected chi connectivity index (χ3v) is 16.2. The maximum Gasteiger partial charge on any atom is 0.0465 e. The molecule has 12 rings (SSSR count). The Kier molecular flexibility index (Phi) is 8.64. The molecule has 5 aromatic carbocycles. The van der Waals surface area contributed by atoms with Crippen LogP contribution in [0.5, 0.6) is 0 Å². The first kappa shape index (κ1) is 35.1. The molecule has 7 aliphatic carbocycles. The van der Waals surface area contributed by atoms with Gasteiger partial charge in [-0.25, -0.2) is 0 Å². The third kappa shape index (κ3) is 6.01. The van der Waals surface area contributed by atoms with Gasteiger partial charge in [0.15, 0.2) is 0 Å². The number of hydrogen-bond acceptors (Lipinski definition) is 1. The summed E-state index contributed by atoms with van der Waals surface area (Å²) < 4.78 is 0. The van der Waals surface area contributed by atoms with Gasteiger partial charge in [-0.15, -0.1) is 0 Å². The van der Waals surface area contributed by atoms with Crippen LogP contribution in [-0.2, 0) is 10.8 Å². The molecule has 1 nitrogen and oxygen atoms in total. The first-order valence-electron chi connectivity index (χ1n) is 22.8. The zero-order valence-electron chi connectivity index (χ0n) is 34.0. The zero-order chi connectivity index (χ0) is 37.4. The Morgan fingerprint density at radius 1 is 0.446 bits per heavy atom. The monoisotopic (exact) mass is 735 g/mol. The lowest BCUT2D eigenvalue weighted by molar-refractivity contribution is -0.00518. The van der Waals surface area contributed by atoms with Crippen molar-refractivity contribution in [1.29, 1.82) is 0 Å². The zero-order valence-corrected chi connectivity index (χ0v) is 34.0. The standard InChI is InChI=1S/C55H61N/c1-54(2)52-28-19-45(44-15-13-42(14-16-44)40-9-5-3-6-10-40)32-51(52)50-27-26-49(33-53(50)54)56(47-22-17-43(18-23-47)41-11-7-4-8-12-41)48-24-20-46(21-25-48)55-34-37-29-38(35-55)31-39(30-37)36-55/h13-28,32-33,37-41H,3-12,29-31,34-36H2,1-2H3. The second-order valence-electron chi connectivity index (χ2n) is 20.1. The predicted molar refractivity (Wildman–Crippen MR) is 236 cm³/mol. The largest absolute Gasteiger partial charge is 0.310 e. The smallest absolute Gasteiger partial charge is 0.0465 e. The molecule has 0 saturated heterocycles. The Hall–Kier alpha value is -4.10. The molecule has 7 aliphatic rings. The van der Waals surface area contributed by atoms with Crippen molar-refractivity contribution in [1.82, 2.24) is 0 Å². The Balaban J connectivity index is 0.943. The van der Waals surface area contributed by atoms with Gasteiger partial charge < -0.3 is 4.90 Å². The van der Waals surface area contributed by atoms with Crippen LogP contribution < -0.4 is 4.90 Å². The number of anilines is 3. The van der Waals surface area contributed by atoms with E-state index in [0.717, 1.165) is 23.7 Å². The van der Waals surface area contributed by atoms with Crippen molar-refractivity contribution >= 4 is 17.1 Å². The van der Waals surface area contributed by atoms with Gasteiger partial charge in [-0.05, 0) is 192 Å². The molecule has 5 aromatic rings. The SMILES string of the molecule is CC1(C)c2ccc(-c3ccc(C4CCCCC4)cc3)cc2-c2ccc(N(c3ccc(C4CCCCC4)cc3)c3ccc(C45CC6CC(CC(C6)C4)C5)cc3)cc21. The highest BCUT2D eigenvalue weighted by Gasteiger charge is 2.51. The van der Waals surface area contributed by atoms with Crippen molar-refractivity contribution in [3.05, 3.63) is 137 Å². The molecule has 4 bridgehead atoms. The van der Waals surface area contributed by atoms with Gasteiger partial charge in [-0.1, -0.05) is 119 Å². The highest BCUT2D eigenvalue weighted by Crippen LogP contribution is 2.61. The molecule has 6 fully saturated rings. The summed E-state index contributed by atoms with van der Waals surface area (Å²) in [5, 5.41) is 0. The van der Waals surface area contributed by atoms with Gasteiger partial charge in [0.25, 0.3) is 0 Å². The molecule has 0 aliphatic heterocycles. The number of fused-ring (bicyclic) bond motifs is 3. The fourth-order valence-electron chi connectivity index (χ4n) is 13.7. The van der Waals surface area contributed by atoms with E-state index in [0.29, 0.717) is 11.3 Å². The maximum atomic E-state index is 2.55. The first-order valence-corrected chi connectivity index (χ1v) is 22.8. The molecule has 6 saturated carbocycles. The molecule has 0 radical (unpaired) electrons. The van der Waals surface area contributed by atoms with Gasteiger partial charge in [0.1, 0.15) is 0 Å². The molecular formula is C55H61N. The normalized spacial score (nSPS) is 26.6. The molecular weight excluding hydrogens is 675 g/mol. The number of benzene rings is 5. The number of nitrogens with zero attached hydrogens (tertiary/aromatic N) is 1. The molecule has 0 atom stereocenters. The molecule has 56 heavy (non-hydrogen) atoms. The summed E-state index contributed by atoms with van der Waals surface area (Å²) in [6, 6.07) is 43.9. The van der Waals surface area contributed by atoms with Crippen molar-refractivity contribution < 1.29 is 0 Å². The van der Waals surface area contributed by atoms with Crippen LogP contribution in [0, 0.1) is 17.8 Å².